The number of carbonyl (C=O) groups is 1. The molecule has 7 heteroatoms. The van der Waals surface area contributed by atoms with Gasteiger partial charge in [-0.2, -0.15) is 0 Å². The maximum absolute atomic E-state index is 11.2. The van der Waals surface area contributed by atoms with Crippen molar-refractivity contribution in [1.82, 2.24) is 4.98 Å². The van der Waals surface area contributed by atoms with E-state index in [1.165, 1.54) is 6.20 Å². The van der Waals surface area contributed by atoms with E-state index in [1.807, 2.05) is 0 Å². The normalized spacial score (nSPS) is 22.5. The van der Waals surface area contributed by atoms with Crippen molar-refractivity contribution in [3.63, 3.8) is 0 Å². The number of hydrogen-bond acceptors (Lipinski definition) is 5. The fraction of sp³-hybridized carbons (Fsp3) is 0.500. The average Bonchev–Trinajstić information content (AvgIpc) is 2.72. The molecule has 0 aliphatic carbocycles. The van der Waals surface area contributed by atoms with Crippen molar-refractivity contribution in [2.45, 2.75) is 20.3 Å². The van der Waals surface area contributed by atoms with Crippen LogP contribution in [0.2, 0.25) is 0 Å². The molecule has 1 fully saturated rings. The van der Waals surface area contributed by atoms with Crippen molar-refractivity contribution in [3.05, 3.63) is 27.9 Å². The molecule has 0 amide bonds. The number of anilines is 1. The number of hydrogen-bond donors (Lipinski definition) is 1. The Bertz CT molecular complexity index is 546. The van der Waals surface area contributed by atoms with Gasteiger partial charge in [0.05, 0.1) is 10.3 Å². The van der Waals surface area contributed by atoms with E-state index in [4.69, 9.17) is 0 Å². The molecule has 1 aliphatic rings. The summed E-state index contributed by atoms with van der Waals surface area (Å²) in [4.78, 5) is 27.6. The number of aromatic nitrogens is 1. The average molecular weight is 265 g/mol. The van der Waals surface area contributed by atoms with Gasteiger partial charge in [-0.15, -0.1) is 0 Å². The summed E-state index contributed by atoms with van der Waals surface area (Å²) < 4.78 is 0. The molecule has 19 heavy (non-hydrogen) atoms. The molecule has 1 atom stereocenters. The topological polar surface area (TPSA) is 96.6 Å². The molecule has 0 bridgehead atoms. The Labute approximate surface area is 110 Å². The Balaban J connectivity index is 2.37. The Morgan fingerprint density at radius 2 is 2.32 bits per heavy atom. The van der Waals surface area contributed by atoms with E-state index < -0.39 is 16.3 Å². The number of rotatable bonds is 3. The van der Waals surface area contributed by atoms with Gasteiger partial charge in [0.25, 0.3) is 0 Å². The van der Waals surface area contributed by atoms with Gasteiger partial charge in [0.2, 0.25) is 5.82 Å². The maximum atomic E-state index is 11.2. The van der Waals surface area contributed by atoms with Crippen molar-refractivity contribution in [3.8, 4) is 0 Å². The second-order valence-corrected chi connectivity index (χ2v) is 5.09. The first-order chi connectivity index (χ1) is 8.85. The summed E-state index contributed by atoms with van der Waals surface area (Å²) >= 11 is 0. The standard InChI is InChI=1S/C12H15N3O4/c1-8-3-5-13-10(9(8)15(18)19)14-6-4-12(2,7-14)11(16)17/h3,5H,4,6-7H2,1-2H3,(H,16,17). The summed E-state index contributed by atoms with van der Waals surface area (Å²) in [6.45, 7) is 3.99. The number of aryl methyl sites for hydroxylation is 1. The number of pyridine rings is 1. The molecule has 0 radical (unpaired) electrons. The van der Waals surface area contributed by atoms with Gasteiger partial charge in [-0.25, -0.2) is 4.98 Å². The fourth-order valence-electron chi connectivity index (χ4n) is 2.31. The molecule has 1 N–H and O–H groups in total. The van der Waals surface area contributed by atoms with Crippen molar-refractivity contribution in [2.75, 3.05) is 18.0 Å². The molecule has 1 unspecified atom stereocenters. The van der Waals surface area contributed by atoms with Gasteiger partial charge in [-0.1, -0.05) is 0 Å². The summed E-state index contributed by atoms with van der Waals surface area (Å²) in [5.41, 5.74) is -0.393. The van der Waals surface area contributed by atoms with Crippen LogP contribution in [0.1, 0.15) is 18.9 Å². The summed E-state index contributed by atoms with van der Waals surface area (Å²) in [5, 5.41) is 20.3. The monoisotopic (exact) mass is 265 g/mol. The third-order valence-electron chi connectivity index (χ3n) is 3.58. The molecule has 1 aliphatic heterocycles. The van der Waals surface area contributed by atoms with Crippen molar-refractivity contribution >= 4 is 17.5 Å². The summed E-state index contributed by atoms with van der Waals surface area (Å²) in [6.07, 6.45) is 1.96. The lowest BCUT2D eigenvalue weighted by molar-refractivity contribution is -0.384. The zero-order chi connectivity index (χ0) is 14.2. The van der Waals surface area contributed by atoms with Crippen LogP contribution in [0.15, 0.2) is 12.3 Å². The van der Waals surface area contributed by atoms with E-state index in [2.05, 4.69) is 4.98 Å². The highest BCUT2D eigenvalue weighted by Gasteiger charge is 2.42. The number of aliphatic carboxylic acids is 1. The highest BCUT2D eigenvalue weighted by atomic mass is 16.6. The van der Waals surface area contributed by atoms with Crippen LogP contribution in [0.5, 0.6) is 0 Å². The van der Waals surface area contributed by atoms with E-state index in [0.717, 1.165) is 0 Å². The maximum Gasteiger partial charge on any atom is 0.314 e. The number of carboxylic acid groups (broad SMARTS) is 1. The van der Waals surface area contributed by atoms with E-state index in [0.29, 0.717) is 18.5 Å². The van der Waals surface area contributed by atoms with Crippen LogP contribution < -0.4 is 4.90 Å². The summed E-state index contributed by atoms with van der Waals surface area (Å²) in [5.74, 6) is -0.625. The molecule has 1 aromatic heterocycles. The fourth-order valence-corrected chi connectivity index (χ4v) is 2.31. The molecule has 0 saturated carbocycles. The van der Waals surface area contributed by atoms with Gasteiger partial charge in [-0.05, 0) is 26.3 Å². The molecule has 102 valence electrons. The predicted molar refractivity (Wildman–Crippen MR) is 68.2 cm³/mol. The quantitative estimate of drug-likeness (QED) is 0.658. The van der Waals surface area contributed by atoms with Gasteiger partial charge in [0.1, 0.15) is 0 Å². The van der Waals surface area contributed by atoms with Crippen LogP contribution in [0.3, 0.4) is 0 Å². The summed E-state index contributed by atoms with van der Waals surface area (Å²) in [6, 6.07) is 1.58. The Hall–Kier alpha value is -2.18. The zero-order valence-electron chi connectivity index (χ0n) is 10.8. The van der Waals surface area contributed by atoms with Crippen LogP contribution in [-0.2, 0) is 4.79 Å². The minimum Gasteiger partial charge on any atom is -0.481 e. The van der Waals surface area contributed by atoms with E-state index in [-0.39, 0.29) is 18.1 Å². The van der Waals surface area contributed by atoms with Gasteiger partial charge in [-0.3, -0.25) is 14.9 Å². The Kier molecular flexibility index (Phi) is 3.13. The van der Waals surface area contributed by atoms with Crippen LogP contribution in [0.25, 0.3) is 0 Å². The van der Waals surface area contributed by atoms with Crippen molar-refractivity contribution in [2.24, 2.45) is 5.41 Å². The van der Waals surface area contributed by atoms with Gasteiger partial charge in [0.15, 0.2) is 0 Å². The minimum atomic E-state index is -0.884. The first-order valence-electron chi connectivity index (χ1n) is 5.93. The first-order valence-corrected chi connectivity index (χ1v) is 5.93. The molecular weight excluding hydrogens is 250 g/mol. The molecular formula is C12H15N3O4. The Morgan fingerprint density at radius 3 is 2.84 bits per heavy atom. The number of carboxylic acids is 1. The molecule has 0 aromatic carbocycles. The highest BCUT2D eigenvalue weighted by Crippen LogP contribution is 2.37. The smallest absolute Gasteiger partial charge is 0.314 e. The van der Waals surface area contributed by atoms with E-state index in [9.17, 15) is 20.0 Å². The molecule has 2 rings (SSSR count). The van der Waals surface area contributed by atoms with Gasteiger partial charge in [0, 0.05) is 24.8 Å². The zero-order valence-corrected chi connectivity index (χ0v) is 10.8. The largest absolute Gasteiger partial charge is 0.481 e. The third-order valence-corrected chi connectivity index (χ3v) is 3.58. The van der Waals surface area contributed by atoms with Gasteiger partial charge < -0.3 is 10.0 Å². The predicted octanol–water partition coefficient (Wildman–Crippen LogP) is 1.60. The second kappa shape index (κ2) is 4.49. The lowest BCUT2D eigenvalue weighted by atomic mass is 9.90. The molecule has 1 saturated heterocycles. The van der Waals surface area contributed by atoms with Crippen molar-refractivity contribution < 1.29 is 14.8 Å². The van der Waals surface area contributed by atoms with Crippen LogP contribution in [0.4, 0.5) is 11.5 Å². The highest BCUT2D eigenvalue weighted by molar-refractivity contribution is 5.76. The molecule has 0 spiro atoms. The lowest BCUT2D eigenvalue weighted by Gasteiger charge is -2.20. The third kappa shape index (κ3) is 2.23. The molecule has 2 heterocycles. The van der Waals surface area contributed by atoms with E-state index in [1.54, 1.807) is 24.8 Å². The second-order valence-electron chi connectivity index (χ2n) is 5.09. The van der Waals surface area contributed by atoms with Crippen LogP contribution in [0, 0.1) is 22.5 Å². The van der Waals surface area contributed by atoms with Crippen molar-refractivity contribution in [1.29, 1.82) is 0 Å². The van der Waals surface area contributed by atoms with E-state index >= 15 is 0 Å². The van der Waals surface area contributed by atoms with Crippen LogP contribution >= 0.6 is 0 Å². The molecule has 1 aromatic rings. The summed E-state index contributed by atoms with van der Waals surface area (Å²) in [7, 11) is 0. The first kappa shape index (κ1) is 13.3. The number of nitro groups is 1. The Morgan fingerprint density at radius 1 is 1.63 bits per heavy atom. The minimum absolute atomic E-state index is 0.0443. The van der Waals surface area contributed by atoms with Gasteiger partial charge >= 0.3 is 11.7 Å². The number of nitrogens with zero attached hydrogens (tertiary/aromatic N) is 3. The molecule has 7 nitrogen and oxygen atoms in total. The SMILES string of the molecule is Cc1ccnc(N2CCC(C)(C(=O)O)C2)c1[N+](=O)[O-]. The lowest BCUT2D eigenvalue weighted by Crippen LogP contribution is -2.32. The van der Waals surface area contributed by atoms with Crippen LogP contribution in [-0.4, -0.2) is 34.1 Å².